The zero-order chi connectivity index (χ0) is 21.6. The zero-order valence-corrected chi connectivity index (χ0v) is 18.4. The molecule has 2 aromatic rings. The van der Waals surface area contributed by atoms with Gasteiger partial charge in [-0.3, -0.25) is 9.59 Å². The maximum atomic E-state index is 12.6. The first-order chi connectivity index (χ1) is 13.7. The molecule has 0 fully saturated rings. The van der Waals surface area contributed by atoms with Crippen molar-refractivity contribution in [3.05, 3.63) is 58.4 Å². The van der Waals surface area contributed by atoms with Crippen LogP contribution in [0.2, 0.25) is 0 Å². The van der Waals surface area contributed by atoms with Crippen molar-refractivity contribution in [1.29, 1.82) is 0 Å². The molecule has 1 atom stereocenters. The fourth-order valence-corrected chi connectivity index (χ4v) is 3.44. The molecule has 0 unspecified atom stereocenters. The van der Waals surface area contributed by atoms with Crippen LogP contribution in [0.25, 0.3) is 0 Å². The van der Waals surface area contributed by atoms with Crippen LogP contribution in [0.3, 0.4) is 0 Å². The van der Waals surface area contributed by atoms with Crippen LogP contribution in [0.5, 0.6) is 0 Å². The Bertz CT molecular complexity index is 904. The monoisotopic (exact) mass is 416 g/mol. The molecule has 1 heterocycles. The standard InChI is InChI=1S/C22H28N2O4S/c1-14-7-6-8-17(11-14)21(26)23-19(9-10-29-5)22(27)28-13-20(25)18-12-15(2)24(4)16(18)3/h6-8,11-12,19H,9-10,13H2,1-5H3,(H,23,26)/t19-/m0/s1. The summed E-state index contributed by atoms with van der Waals surface area (Å²) in [5.74, 6) is -0.511. The highest BCUT2D eigenvalue weighted by atomic mass is 32.2. The molecule has 0 aliphatic carbocycles. The van der Waals surface area contributed by atoms with Gasteiger partial charge in [-0.25, -0.2) is 4.79 Å². The number of carbonyl (C=O) groups is 3. The topological polar surface area (TPSA) is 77.4 Å². The van der Waals surface area contributed by atoms with Gasteiger partial charge < -0.3 is 14.6 Å². The molecule has 0 saturated carbocycles. The van der Waals surface area contributed by atoms with Crippen molar-refractivity contribution in [2.75, 3.05) is 18.6 Å². The lowest BCUT2D eigenvalue weighted by Crippen LogP contribution is -2.42. The van der Waals surface area contributed by atoms with Gasteiger partial charge >= 0.3 is 5.97 Å². The van der Waals surface area contributed by atoms with Crippen molar-refractivity contribution >= 4 is 29.4 Å². The van der Waals surface area contributed by atoms with Gasteiger partial charge in [0.05, 0.1) is 0 Å². The van der Waals surface area contributed by atoms with Gasteiger partial charge in [-0.15, -0.1) is 0 Å². The highest BCUT2D eigenvalue weighted by Crippen LogP contribution is 2.14. The number of hydrogen-bond acceptors (Lipinski definition) is 5. The van der Waals surface area contributed by atoms with Crippen molar-refractivity contribution in [1.82, 2.24) is 9.88 Å². The van der Waals surface area contributed by atoms with E-state index in [1.54, 1.807) is 36.0 Å². The van der Waals surface area contributed by atoms with E-state index in [9.17, 15) is 14.4 Å². The van der Waals surface area contributed by atoms with Gasteiger partial charge in [-0.05, 0) is 57.4 Å². The second-order valence-electron chi connectivity index (χ2n) is 7.05. The Morgan fingerprint density at radius 2 is 1.90 bits per heavy atom. The van der Waals surface area contributed by atoms with Crippen LogP contribution in [0.4, 0.5) is 0 Å². The van der Waals surface area contributed by atoms with Crippen LogP contribution in [0, 0.1) is 20.8 Å². The molecule has 1 aromatic heterocycles. The number of nitrogens with zero attached hydrogens (tertiary/aromatic N) is 1. The lowest BCUT2D eigenvalue weighted by Gasteiger charge is -2.17. The summed E-state index contributed by atoms with van der Waals surface area (Å²) < 4.78 is 7.18. The number of carbonyl (C=O) groups excluding carboxylic acids is 3. The Labute approximate surface area is 176 Å². The maximum absolute atomic E-state index is 12.6. The molecule has 0 aliphatic heterocycles. The summed E-state index contributed by atoms with van der Waals surface area (Å²) in [5.41, 5.74) is 3.77. The SMILES string of the molecule is CSCC[C@H](NC(=O)c1cccc(C)c1)C(=O)OCC(=O)c1cc(C)n(C)c1C. The van der Waals surface area contributed by atoms with E-state index < -0.39 is 12.0 Å². The summed E-state index contributed by atoms with van der Waals surface area (Å²) in [7, 11) is 1.88. The summed E-state index contributed by atoms with van der Waals surface area (Å²) in [5, 5.41) is 2.74. The summed E-state index contributed by atoms with van der Waals surface area (Å²) in [4.78, 5) is 37.6. The first-order valence-electron chi connectivity index (χ1n) is 9.43. The van der Waals surface area contributed by atoms with Crippen LogP contribution in [0.15, 0.2) is 30.3 Å². The van der Waals surface area contributed by atoms with Gasteiger partial charge in [0.15, 0.2) is 6.61 Å². The molecule has 1 aromatic carbocycles. The van der Waals surface area contributed by atoms with Crippen LogP contribution >= 0.6 is 11.8 Å². The largest absolute Gasteiger partial charge is 0.456 e. The fourth-order valence-electron chi connectivity index (χ4n) is 2.97. The number of benzene rings is 1. The third-order valence-corrected chi connectivity index (χ3v) is 5.55. The van der Waals surface area contributed by atoms with Crippen molar-refractivity contribution in [2.24, 2.45) is 7.05 Å². The van der Waals surface area contributed by atoms with E-state index in [0.717, 1.165) is 17.0 Å². The van der Waals surface area contributed by atoms with Crippen LogP contribution in [0.1, 0.15) is 44.1 Å². The number of Topliss-reactive ketones (excluding diaryl/α,β-unsaturated/α-hetero) is 1. The van der Waals surface area contributed by atoms with Crippen molar-refractivity contribution in [3.8, 4) is 0 Å². The molecule has 1 N–H and O–H groups in total. The molecular formula is C22H28N2O4S. The number of rotatable bonds is 9. The first kappa shape index (κ1) is 22.7. The summed E-state index contributed by atoms with van der Waals surface area (Å²) in [6.07, 6.45) is 2.35. The molecular weight excluding hydrogens is 388 g/mol. The summed E-state index contributed by atoms with van der Waals surface area (Å²) in [6.45, 7) is 5.31. The number of amides is 1. The average Bonchev–Trinajstić information content (AvgIpc) is 2.96. The molecule has 156 valence electrons. The van der Waals surface area contributed by atoms with Gasteiger partial charge in [0.2, 0.25) is 5.78 Å². The summed E-state index contributed by atoms with van der Waals surface area (Å²) in [6, 6.07) is 8.13. The van der Waals surface area contributed by atoms with Gasteiger partial charge in [0.25, 0.3) is 5.91 Å². The number of aryl methyl sites for hydroxylation is 2. The Morgan fingerprint density at radius 1 is 1.17 bits per heavy atom. The van der Waals surface area contributed by atoms with Crippen LogP contribution < -0.4 is 5.32 Å². The molecule has 29 heavy (non-hydrogen) atoms. The molecule has 0 bridgehead atoms. The van der Waals surface area contributed by atoms with Crippen molar-refractivity contribution in [2.45, 2.75) is 33.2 Å². The molecule has 1 amide bonds. The van der Waals surface area contributed by atoms with E-state index in [1.807, 2.05) is 44.7 Å². The predicted molar refractivity (Wildman–Crippen MR) is 116 cm³/mol. The molecule has 0 aliphatic rings. The van der Waals surface area contributed by atoms with E-state index in [4.69, 9.17) is 4.74 Å². The lowest BCUT2D eigenvalue weighted by atomic mass is 10.1. The Morgan fingerprint density at radius 3 is 2.48 bits per heavy atom. The van der Waals surface area contributed by atoms with E-state index >= 15 is 0 Å². The predicted octanol–water partition coefficient (Wildman–Crippen LogP) is 3.23. The zero-order valence-electron chi connectivity index (χ0n) is 17.6. The molecule has 0 spiro atoms. The molecule has 6 nitrogen and oxygen atoms in total. The van der Waals surface area contributed by atoms with E-state index in [1.165, 1.54) is 0 Å². The number of esters is 1. The molecule has 0 radical (unpaired) electrons. The maximum Gasteiger partial charge on any atom is 0.329 e. The van der Waals surface area contributed by atoms with Gasteiger partial charge in [-0.2, -0.15) is 11.8 Å². The molecule has 2 rings (SSSR count). The van der Waals surface area contributed by atoms with Gasteiger partial charge in [0.1, 0.15) is 6.04 Å². The number of ether oxygens (including phenoxy) is 1. The Hall–Kier alpha value is -2.54. The van der Waals surface area contributed by atoms with Gasteiger partial charge in [0, 0.05) is 29.6 Å². The Balaban J connectivity index is 2.03. The minimum Gasteiger partial charge on any atom is -0.456 e. The summed E-state index contributed by atoms with van der Waals surface area (Å²) >= 11 is 1.57. The van der Waals surface area contributed by atoms with Crippen molar-refractivity contribution in [3.63, 3.8) is 0 Å². The van der Waals surface area contributed by atoms with E-state index in [0.29, 0.717) is 23.3 Å². The quantitative estimate of drug-likeness (QED) is 0.502. The molecule has 0 saturated heterocycles. The highest BCUT2D eigenvalue weighted by Gasteiger charge is 2.24. The number of aromatic nitrogens is 1. The number of ketones is 1. The first-order valence-corrected chi connectivity index (χ1v) is 10.8. The van der Waals surface area contributed by atoms with E-state index in [2.05, 4.69) is 5.32 Å². The fraction of sp³-hybridized carbons (Fsp3) is 0.409. The lowest BCUT2D eigenvalue weighted by molar-refractivity contribution is -0.144. The van der Waals surface area contributed by atoms with Gasteiger partial charge in [-0.1, -0.05) is 17.7 Å². The smallest absolute Gasteiger partial charge is 0.329 e. The Kier molecular flexibility index (Phi) is 8.08. The minimum absolute atomic E-state index is 0.256. The third kappa shape index (κ3) is 5.97. The number of hydrogen-bond donors (Lipinski definition) is 1. The highest BCUT2D eigenvalue weighted by molar-refractivity contribution is 7.98. The third-order valence-electron chi connectivity index (χ3n) is 4.90. The average molecular weight is 417 g/mol. The molecule has 7 heteroatoms. The second-order valence-corrected chi connectivity index (χ2v) is 8.04. The van der Waals surface area contributed by atoms with E-state index in [-0.39, 0.29) is 18.3 Å². The minimum atomic E-state index is -0.804. The van der Waals surface area contributed by atoms with Crippen molar-refractivity contribution < 1.29 is 19.1 Å². The normalized spacial score (nSPS) is 11.8. The second kappa shape index (κ2) is 10.3. The number of thioether (sulfide) groups is 1. The van der Waals surface area contributed by atoms with Crippen LogP contribution in [-0.4, -0.2) is 46.9 Å². The number of nitrogens with one attached hydrogen (secondary N) is 1. The van der Waals surface area contributed by atoms with Crippen LogP contribution in [-0.2, 0) is 16.6 Å².